The molecule has 98 valence electrons. The molecule has 0 aliphatic carbocycles. The maximum Gasteiger partial charge on any atom is 0.269 e. The van der Waals surface area contributed by atoms with E-state index in [0.717, 1.165) is 9.09 Å². The Kier molecular flexibility index (Phi) is 6.80. The fourth-order valence-electron chi connectivity index (χ4n) is 1.51. The van der Waals surface area contributed by atoms with Gasteiger partial charge in [0.15, 0.2) is 0 Å². The minimum Gasteiger partial charge on any atom is -0.364 e. The highest BCUT2D eigenvalue weighted by atomic mass is 127. The van der Waals surface area contributed by atoms with Crippen LogP contribution in [-0.2, 0) is 6.42 Å². The summed E-state index contributed by atoms with van der Waals surface area (Å²) in [6.45, 7) is 1.93. The fourth-order valence-corrected chi connectivity index (χ4v) is 1.98. The highest BCUT2D eigenvalue weighted by Crippen LogP contribution is 2.16. The van der Waals surface area contributed by atoms with E-state index in [-0.39, 0.29) is 30.5 Å². The number of carbonyl (C=O) groups excluding carboxylic acids is 1. The molecule has 1 aromatic heterocycles. The standard InChI is InChI=1S/C11H10IN3O.2ClH/c1-2-7-10(11(13)16)15-8-4-3-6(12)5-9(8)14-7;;/h3-5H,2H2,1H3,(H2,13,16);2*1H. The van der Waals surface area contributed by atoms with Gasteiger partial charge in [-0.25, -0.2) is 9.97 Å². The van der Waals surface area contributed by atoms with Crippen LogP contribution in [-0.4, -0.2) is 15.9 Å². The van der Waals surface area contributed by atoms with E-state index in [2.05, 4.69) is 32.6 Å². The van der Waals surface area contributed by atoms with Gasteiger partial charge in [-0.15, -0.1) is 24.8 Å². The van der Waals surface area contributed by atoms with Crippen molar-refractivity contribution in [2.75, 3.05) is 0 Å². The molecule has 2 rings (SSSR count). The molecule has 1 amide bonds. The van der Waals surface area contributed by atoms with E-state index < -0.39 is 5.91 Å². The van der Waals surface area contributed by atoms with E-state index in [0.29, 0.717) is 17.6 Å². The molecule has 1 heterocycles. The Bertz CT molecular complexity index is 577. The zero-order valence-electron chi connectivity index (χ0n) is 9.51. The third-order valence-electron chi connectivity index (χ3n) is 2.27. The van der Waals surface area contributed by atoms with Gasteiger partial charge in [-0.1, -0.05) is 6.92 Å². The average Bonchev–Trinajstić information content (AvgIpc) is 2.26. The zero-order chi connectivity index (χ0) is 11.7. The second-order valence-corrected chi connectivity index (χ2v) is 4.62. The van der Waals surface area contributed by atoms with Crippen LogP contribution in [0.2, 0.25) is 0 Å². The molecule has 0 aliphatic heterocycles. The number of benzene rings is 1. The molecule has 0 atom stereocenters. The molecule has 0 saturated heterocycles. The van der Waals surface area contributed by atoms with Crippen LogP contribution in [0, 0.1) is 3.57 Å². The van der Waals surface area contributed by atoms with E-state index in [9.17, 15) is 4.79 Å². The molecule has 4 nitrogen and oxygen atoms in total. The van der Waals surface area contributed by atoms with Gasteiger partial charge in [0.1, 0.15) is 5.69 Å². The largest absolute Gasteiger partial charge is 0.364 e. The summed E-state index contributed by atoms with van der Waals surface area (Å²) in [5.74, 6) is -0.523. The van der Waals surface area contributed by atoms with Crippen molar-refractivity contribution in [1.82, 2.24) is 9.97 Å². The van der Waals surface area contributed by atoms with Gasteiger partial charge >= 0.3 is 0 Å². The lowest BCUT2D eigenvalue weighted by Crippen LogP contribution is -2.17. The Balaban J connectivity index is 0.00000144. The first kappa shape index (κ1) is 17.3. The van der Waals surface area contributed by atoms with Crippen LogP contribution >= 0.6 is 47.4 Å². The van der Waals surface area contributed by atoms with E-state index in [1.807, 2.05) is 25.1 Å². The molecule has 0 bridgehead atoms. The van der Waals surface area contributed by atoms with Crippen molar-refractivity contribution >= 4 is 64.3 Å². The summed E-state index contributed by atoms with van der Waals surface area (Å²) in [6.07, 6.45) is 0.646. The smallest absolute Gasteiger partial charge is 0.269 e. The maximum atomic E-state index is 11.2. The van der Waals surface area contributed by atoms with Gasteiger partial charge < -0.3 is 5.73 Å². The number of halogens is 3. The first-order valence-corrected chi connectivity index (χ1v) is 5.95. The van der Waals surface area contributed by atoms with Crippen LogP contribution in [0.25, 0.3) is 11.0 Å². The number of carbonyl (C=O) groups is 1. The van der Waals surface area contributed by atoms with Gasteiger partial charge in [0, 0.05) is 3.57 Å². The van der Waals surface area contributed by atoms with Crippen molar-refractivity contribution in [3.8, 4) is 0 Å². The Morgan fingerprint density at radius 3 is 2.50 bits per heavy atom. The van der Waals surface area contributed by atoms with Crippen molar-refractivity contribution in [2.24, 2.45) is 5.73 Å². The lowest BCUT2D eigenvalue weighted by Gasteiger charge is -2.05. The first-order chi connectivity index (χ1) is 7.61. The molecule has 2 aromatic rings. The monoisotopic (exact) mass is 399 g/mol. The minimum atomic E-state index is -0.523. The minimum absolute atomic E-state index is 0. The van der Waals surface area contributed by atoms with E-state index in [4.69, 9.17) is 5.73 Å². The van der Waals surface area contributed by atoms with Crippen LogP contribution in [0.3, 0.4) is 0 Å². The maximum absolute atomic E-state index is 11.2. The number of amides is 1. The lowest BCUT2D eigenvalue weighted by atomic mass is 10.2. The van der Waals surface area contributed by atoms with Crippen LogP contribution in [0.5, 0.6) is 0 Å². The number of aryl methyl sites for hydroxylation is 1. The van der Waals surface area contributed by atoms with Gasteiger partial charge in [-0.3, -0.25) is 4.79 Å². The molecule has 18 heavy (non-hydrogen) atoms. The second-order valence-electron chi connectivity index (χ2n) is 3.37. The Morgan fingerprint density at radius 1 is 1.28 bits per heavy atom. The predicted octanol–water partition coefficient (Wildman–Crippen LogP) is 2.74. The van der Waals surface area contributed by atoms with Gasteiger partial charge in [-0.2, -0.15) is 0 Å². The molecular formula is C11H12Cl2IN3O. The van der Waals surface area contributed by atoms with E-state index in [1.54, 1.807) is 0 Å². The highest BCUT2D eigenvalue weighted by molar-refractivity contribution is 14.1. The molecule has 0 unspecified atom stereocenters. The summed E-state index contributed by atoms with van der Waals surface area (Å²) in [7, 11) is 0. The third-order valence-corrected chi connectivity index (χ3v) is 2.94. The molecule has 0 aliphatic rings. The Hall–Kier alpha value is -0.660. The zero-order valence-corrected chi connectivity index (χ0v) is 13.3. The molecule has 0 saturated carbocycles. The number of fused-ring (bicyclic) bond motifs is 1. The van der Waals surface area contributed by atoms with Crippen LogP contribution in [0.15, 0.2) is 18.2 Å². The summed E-state index contributed by atoms with van der Waals surface area (Å²) in [5.41, 5.74) is 7.70. The molecule has 1 aromatic carbocycles. The number of primary amides is 1. The summed E-state index contributed by atoms with van der Waals surface area (Å²) >= 11 is 2.21. The fraction of sp³-hybridized carbons (Fsp3) is 0.182. The van der Waals surface area contributed by atoms with Gasteiger partial charge in [0.25, 0.3) is 5.91 Å². The first-order valence-electron chi connectivity index (χ1n) is 4.87. The second kappa shape index (κ2) is 7.06. The molecule has 7 heteroatoms. The number of nitrogens with zero attached hydrogens (tertiary/aromatic N) is 2. The lowest BCUT2D eigenvalue weighted by molar-refractivity contribution is 0.0994. The SMILES string of the molecule is CCc1nc2cc(I)ccc2nc1C(N)=O.Cl.Cl. The molecular weight excluding hydrogens is 388 g/mol. The van der Waals surface area contributed by atoms with Crippen LogP contribution in [0.4, 0.5) is 0 Å². The summed E-state index contributed by atoms with van der Waals surface area (Å²) < 4.78 is 1.09. The number of aromatic nitrogens is 2. The van der Waals surface area contributed by atoms with Crippen molar-refractivity contribution < 1.29 is 4.79 Å². The molecule has 0 fully saturated rings. The van der Waals surface area contributed by atoms with Crippen molar-refractivity contribution in [3.63, 3.8) is 0 Å². The predicted molar refractivity (Wildman–Crippen MR) is 84.6 cm³/mol. The topological polar surface area (TPSA) is 68.9 Å². The van der Waals surface area contributed by atoms with E-state index >= 15 is 0 Å². The Labute approximate surface area is 131 Å². The normalized spacial score (nSPS) is 9.44. The quantitative estimate of drug-likeness (QED) is 0.789. The van der Waals surface area contributed by atoms with Gasteiger partial charge in [0.05, 0.1) is 16.7 Å². The summed E-state index contributed by atoms with van der Waals surface area (Å²) in [5, 5.41) is 0. The summed E-state index contributed by atoms with van der Waals surface area (Å²) in [4.78, 5) is 19.9. The van der Waals surface area contributed by atoms with Gasteiger partial charge in [0.2, 0.25) is 0 Å². The highest BCUT2D eigenvalue weighted by Gasteiger charge is 2.12. The number of nitrogens with two attached hydrogens (primary N) is 1. The molecule has 0 radical (unpaired) electrons. The van der Waals surface area contributed by atoms with Crippen molar-refractivity contribution in [2.45, 2.75) is 13.3 Å². The number of hydrogen-bond donors (Lipinski definition) is 1. The average molecular weight is 400 g/mol. The van der Waals surface area contributed by atoms with E-state index in [1.165, 1.54) is 0 Å². The van der Waals surface area contributed by atoms with Crippen LogP contribution in [0.1, 0.15) is 23.1 Å². The van der Waals surface area contributed by atoms with Crippen molar-refractivity contribution in [3.05, 3.63) is 33.2 Å². The molecule has 2 N–H and O–H groups in total. The number of hydrogen-bond acceptors (Lipinski definition) is 3. The summed E-state index contributed by atoms with van der Waals surface area (Å²) in [6, 6.07) is 5.71. The number of rotatable bonds is 2. The third kappa shape index (κ3) is 3.43. The Morgan fingerprint density at radius 2 is 1.94 bits per heavy atom. The molecule has 0 spiro atoms. The van der Waals surface area contributed by atoms with Crippen molar-refractivity contribution in [1.29, 1.82) is 0 Å². The van der Waals surface area contributed by atoms with Gasteiger partial charge in [-0.05, 0) is 47.2 Å². The van der Waals surface area contributed by atoms with Crippen LogP contribution < -0.4 is 5.73 Å².